The molecule has 5 heteroatoms. The van der Waals surface area contributed by atoms with Crippen LogP contribution in [-0.2, 0) is 11.2 Å². The van der Waals surface area contributed by atoms with Crippen molar-refractivity contribution in [2.45, 2.75) is 45.2 Å². The van der Waals surface area contributed by atoms with Crippen LogP contribution in [0.25, 0.3) is 0 Å². The number of para-hydroxylation sites is 1. The molecule has 1 aromatic rings. The highest BCUT2D eigenvalue weighted by molar-refractivity contribution is 5.85. The first-order valence-corrected chi connectivity index (χ1v) is 8.51. The van der Waals surface area contributed by atoms with Gasteiger partial charge in [-0.1, -0.05) is 18.2 Å². The summed E-state index contributed by atoms with van der Waals surface area (Å²) < 4.78 is 0. The second-order valence-electron chi connectivity index (χ2n) is 6.74. The summed E-state index contributed by atoms with van der Waals surface area (Å²) in [5.74, 6) is 0.410. The van der Waals surface area contributed by atoms with Crippen molar-refractivity contribution in [3.8, 4) is 0 Å². The number of anilines is 1. The average molecular weight is 338 g/mol. The zero-order chi connectivity index (χ0) is 15.5. The Bertz CT molecular complexity index is 537. The predicted octanol–water partition coefficient (Wildman–Crippen LogP) is 2.36. The Balaban J connectivity index is 0.00000192. The molecule has 2 aliphatic heterocycles. The molecule has 0 aromatic heterocycles. The Kier molecular flexibility index (Phi) is 6.31. The molecule has 0 spiro atoms. The van der Waals surface area contributed by atoms with Gasteiger partial charge in [-0.05, 0) is 51.3 Å². The minimum Gasteiger partial charge on any atom is -0.367 e. The van der Waals surface area contributed by atoms with Gasteiger partial charge in [0.15, 0.2) is 0 Å². The number of amides is 1. The smallest absolute Gasteiger partial charge is 0.223 e. The van der Waals surface area contributed by atoms with Crippen LogP contribution in [0.15, 0.2) is 24.3 Å². The summed E-state index contributed by atoms with van der Waals surface area (Å²) in [6, 6.07) is 9.58. The molecule has 0 aliphatic carbocycles. The van der Waals surface area contributed by atoms with Crippen LogP contribution >= 0.6 is 12.4 Å². The predicted molar refractivity (Wildman–Crippen MR) is 97.4 cm³/mol. The van der Waals surface area contributed by atoms with Gasteiger partial charge in [-0.2, -0.15) is 0 Å². The van der Waals surface area contributed by atoms with Crippen LogP contribution in [0.5, 0.6) is 0 Å². The van der Waals surface area contributed by atoms with E-state index in [1.807, 2.05) is 0 Å². The minimum absolute atomic E-state index is 0. The third-order valence-corrected chi connectivity index (χ3v) is 4.99. The van der Waals surface area contributed by atoms with Crippen LogP contribution < -0.4 is 15.5 Å². The Hall–Kier alpha value is -1.26. The van der Waals surface area contributed by atoms with Gasteiger partial charge < -0.3 is 15.5 Å². The number of benzene rings is 1. The highest BCUT2D eigenvalue weighted by Gasteiger charge is 2.27. The maximum atomic E-state index is 12.3. The van der Waals surface area contributed by atoms with Crippen LogP contribution in [0.3, 0.4) is 0 Å². The number of fused-ring (bicyclic) bond motifs is 1. The number of carbonyl (C=O) groups excluding carboxylic acids is 1. The summed E-state index contributed by atoms with van der Waals surface area (Å²) in [7, 11) is 0. The molecule has 1 unspecified atom stereocenters. The van der Waals surface area contributed by atoms with Gasteiger partial charge in [0.1, 0.15) is 0 Å². The second-order valence-corrected chi connectivity index (χ2v) is 6.74. The SMILES string of the molecule is CC1Cc2ccccc2N1CCNC(=O)[C@H]1CCN[C@@H](C)C1.Cl. The largest absolute Gasteiger partial charge is 0.367 e. The van der Waals surface area contributed by atoms with Crippen LogP contribution in [0, 0.1) is 5.92 Å². The molecule has 2 heterocycles. The summed E-state index contributed by atoms with van der Waals surface area (Å²) in [4.78, 5) is 14.7. The quantitative estimate of drug-likeness (QED) is 0.886. The molecule has 0 saturated carbocycles. The van der Waals surface area contributed by atoms with Crippen LogP contribution in [0.2, 0.25) is 0 Å². The summed E-state index contributed by atoms with van der Waals surface area (Å²) in [5, 5.41) is 6.54. The molecule has 2 aliphatic rings. The molecule has 2 N–H and O–H groups in total. The molecule has 3 atom stereocenters. The lowest BCUT2D eigenvalue weighted by molar-refractivity contribution is -0.126. The molecule has 1 amide bonds. The van der Waals surface area contributed by atoms with E-state index in [1.165, 1.54) is 11.3 Å². The van der Waals surface area contributed by atoms with E-state index in [-0.39, 0.29) is 24.2 Å². The molecule has 1 fully saturated rings. The lowest BCUT2D eigenvalue weighted by Gasteiger charge is -2.28. The van der Waals surface area contributed by atoms with Crippen molar-refractivity contribution in [2.24, 2.45) is 5.92 Å². The first kappa shape index (κ1) is 18.1. The first-order chi connectivity index (χ1) is 10.6. The van der Waals surface area contributed by atoms with Gasteiger partial charge in [0.25, 0.3) is 0 Å². The van der Waals surface area contributed by atoms with E-state index in [9.17, 15) is 4.79 Å². The first-order valence-electron chi connectivity index (χ1n) is 8.51. The third kappa shape index (κ3) is 4.18. The number of carbonyl (C=O) groups is 1. The number of hydrogen-bond donors (Lipinski definition) is 2. The van der Waals surface area contributed by atoms with Crippen molar-refractivity contribution in [3.63, 3.8) is 0 Å². The van der Waals surface area contributed by atoms with Gasteiger partial charge in [-0.25, -0.2) is 0 Å². The van der Waals surface area contributed by atoms with Gasteiger partial charge in [0, 0.05) is 36.8 Å². The number of halogens is 1. The lowest BCUT2D eigenvalue weighted by atomic mass is 9.92. The Morgan fingerprint density at radius 3 is 2.91 bits per heavy atom. The molecule has 1 aromatic carbocycles. The fourth-order valence-corrected chi connectivity index (χ4v) is 3.78. The number of nitrogens with one attached hydrogen (secondary N) is 2. The number of nitrogens with zero attached hydrogens (tertiary/aromatic N) is 1. The van der Waals surface area contributed by atoms with Crippen LogP contribution in [-0.4, -0.2) is 37.6 Å². The molecular formula is C18H28ClN3O. The molecule has 23 heavy (non-hydrogen) atoms. The van der Waals surface area contributed by atoms with E-state index in [1.54, 1.807) is 0 Å². The summed E-state index contributed by atoms with van der Waals surface area (Å²) in [6.07, 6.45) is 3.02. The lowest BCUT2D eigenvalue weighted by Crippen LogP contribution is -2.44. The summed E-state index contributed by atoms with van der Waals surface area (Å²) in [5.41, 5.74) is 2.76. The number of rotatable bonds is 4. The molecule has 128 valence electrons. The zero-order valence-electron chi connectivity index (χ0n) is 14.0. The molecule has 0 radical (unpaired) electrons. The van der Waals surface area contributed by atoms with Crippen molar-refractivity contribution in [1.29, 1.82) is 0 Å². The van der Waals surface area contributed by atoms with E-state index in [0.29, 0.717) is 12.1 Å². The standard InChI is InChI=1S/C18H27N3O.ClH/c1-13-11-16(7-8-19-13)18(22)20-9-10-21-14(2)12-15-5-3-4-6-17(15)21;/h3-6,13-14,16,19H,7-12H2,1-2H3,(H,20,22);1H/t13-,14?,16-;/m0./s1. The van der Waals surface area contributed by atoms with Gasteiger partial charge in [-0.15, -0.1) is 12.4 Å². The summed E-state index contributed by atoms with van der Waals surface area (Å²) in [6.45, 7) is 6.99. The minimum atomic E-state index is 0. The number of piperidine rings is 1. The van der Waals surface area contributed by atoms with Crippen molar-refractivity contribution >= 4 is 24.0 Å². The van der Waals surface area contributed by atoms with E-state index in [2.05, 4.69) is 53.6 Å². The monoisotopic (exact) mass is 337 g/mol. The Morgan fingerprint density at radius 2 is 2.13 bits per heavy atom. The Labute approximate surface area is 145 Å². The van der Waals surface area contributed by atoms with Gasteiger partial charge >= 0.3 is 0 Å². The highest BCUT2D eigenvalue weighted by atomic mass is 35.5. The second kappa shape index (κ2) is 8.02. The maximum Gasteiger partial charge on any atom is 0.223 e. The van der Waals surface area contributed by atoms with Crippen LogP contribution in [0.4, 0.5) is 5.69 Å². The van der Waals surface area contributed by atoms with Crippen molar-refractivity contribution in [3.05, 3.63) is 29.8 Å². The fourth-order valence-electron chi connectivity index (χ4n) is 3.78. The third-order valence-electron chi connectivity index (χ3n) is 4.99. The van der Waals surface area contributed by atoms with E-state index >= 15 is 0 Å². The number of hydrogen-bond acceptors (Lipinski definition) is 3. The van der Waals surface area contributed by atoms with E-state index < -0.39 is 0 Å². The van der Waals surface area contributed by atoms with Gasteiger partial charge in [0.05, 0.1) is 0 Å². The van der Waals surface area contributed by atoms with Crippen LogP contribution in [0.1, 0.15) is 32.3 Å². The topological polar surface area (TPSA) is 44.4 Å². The normalized spacial score (nSPS) is 26.3. The molecule has 3 rings (SSSR count). The van der Waals surface area contributed by atoms with Gasteiger partial charge in [0.2, 0.25) is 5.91 Å². The van der Waals surface area contributed by atoms with Crippen molar-refractivity contribution in [2.75, 3.05) is 24.5 Å². The zero-order valence-corrected chi connectivity index (χ0v) is 14.9. The molecule has 0 bridgehead atoms. The van der Waals surface area contributed by atoms with E-state index in [4.69, 9.17) is 0 Å². The average Bonchev–Trinajstić information content (AvgIpc) is 2.83. The van der Waals surface area contributed by atoms with Crippen molar-refractivity contribution in [1.82, 2.24) is 10.6 Å². The van der Waals surface area contributed by atoms with E-state index in [0.717, 1.165) is 38.9 Å². The highest BCUT2D eigenvalue weighted by Crippen LogP contribution is 2.31. The van der Waals surface area contributed by atoms with Crippen molar-refractivity contribution < 1.29 is 4.79 Å². The molecular weight excluding hydrogens is 310 g/mol. The maximum absolute atomic E-state index is 12.3. The molecule has 1 saturated heterocycles. The Morgan fingerprint density at radius 1 is 1.35 bits per heavy atom. The van der Waals surface area contributed by atoms with Gasteiger partial charge in [-0.3, -0.25) is 4.79 Å². The summed E-state index contributed by atoms with van der Waals surface area (Å²) >= 11 is 0. The molecule has 4 nitrogen and oxygen atoms in total. The fraction of sp³-hybridized carbons (Fsp3) is 0.611.